The molecule has 2 nitrogen and oxygen atoms in total. The van der Waals surface area contributed by atoms with E-state index in [2.05, 4.69) is 32.3 Å². The summed E-state index contributed by atoms with van der Waals surface area (Å²) in [5, 5.41) is 1.95. The molecule has 19 heavy (non-hydrogen) atoms. The van der Waals surface area contributed by atoms with E-state index in [1.54, 1.807) is 11.3 Å². The van der Waals surface area contributed by atoms with Gasteiger partial charge in [-0.25, -0.2) is 0 Å². The minimum absolute atomic E-state index is 0.218. The first-order chi connectivity index (χ1) is 8.97. The van der Waals surface area contributed by atoms with Gasteiger partial charge in [-0.2, -0.15) is 0 Å². The SMILES string of the molecule is C=C(C)C#CC(CC(C)C)OC(=O)Cc1cccs1. The van der Waals surface area contributed by atoms with Crippen molar-refractivity contribution >= 4 is 17.3 Å². The third-order valence-electron chi connectivity index (χ3n) is 2.30. The van der Waals surface area contributed by atoms with Crippen LogP contribution < -0.4 is 0 Å². The van der Waals surface area contributed by atoms with E-state index in [-0.39, 0.29) is 12.1 Å². The summed E-state index contributed by atoms with van der Waals surface area (Å²) >= 11 is 1.56. The number of hydrogen-bond acceptors (Lipinski definition) is 3. The standard InChI is InChI=1S/C16H20O2S/c1-12(2)7-8-14(10-13(3)4)18-16(17)11-15-6-5-9-19-15/h5-6,9,13-14H,1,10-11H2,2-4H3. The van der Waals surface area contributed by atoms with Crippen LogP contribution in [0.3, 0.4) is 0 Å². The number of rotatable bonds is 5. The minimum Gasteiger partial charge on any atom is -0.449 e. The van der Waals surface area contributed by atoms with E-state index in [0.717, 1.165) is 16.9 Å². The second-order valence-electron chi connectivity index (χ2n) is 4.91. The lowest BCUT2D eigenvalue weighted by Crippen LogP contribution is -2.19. The third-order valence-corrected chi connectivity index (χ3v) is 3.18. The second-order valence-corrected chi connectivity index (χ2v) is 5.95. The van der Waals surface area contributed by atoms with Crippen LogP contribution in [0.1, 0.15) is 32.1 Å². The van der Waals surface area contributed by atoms with Gasteiger partial charge in [-0.1, -0.05) is 38.3 Å². The van der Waals surface area contributed by atoms with Gasteiger partial charge in [0.25, 0.3) is 0 Å². The molecule has 0 fully saturated rings. The summed E-state index contributed by atoms with van der Waals surface area (Å²) in [5.74, 6) is 6.08. The first-order valence-corrected chi connectivity index (χ1v) is 7.24. The molecule has 1 aromatic rings. The van der Waals surface area contributed by atoms with E-state index >= 15 is 0 Å². The van der Waals surface area contributed by atoms with Crippen LogP contribution in [0.4, 0.5) is 0 Å². The van der Waals surface area contributed by atoms with E-state index < -0.39 is 0 Å². The van der Waals surface area contributed by atoms with E-state index in [0.29, 0.717) is 12.3 Å². The number of carbonyl (C=O) groups is 1. The van der Waals surface area contributed by atoms with Gasteiger partial charge in [-0.05, 0) is 36.3 Å². The highest BCUT2D eigenvalue weighted by Crippen LogP contribution is 2.13. The van der Waals surface area contributed by atoms with Gasteiger partial charge in [0.1, 0.15) is 0 Å². The topological polar surface area (TPSA) is 26.3 Å². The van der Waals surface area contributed by atoms with Gasteiger partial charge < -0.3 is 4.74 Å². The summed E-state index contributed by atoms with van der Waals surface area (Å²) in [6.07, 6.45) is 0.724. The quantitative estimate of drug-likeness (QED) is 0.603. The number of allylic oxidation sites excluding steroid dienone is 1. The number of esters is 1. The number of carbonyl (C=O) groups excluding carboxylic acids is 1. The maximum atomic E-state index is 11.8. The molecular weight excluding hydrogens is 256 g/mol. The molecule has 102 valence electrons. The van der Waals surface area contributed by atoms with Gasteiger partial charge in [0.05, 0.1) is 6.42 Å². The Morgan fingerprint density at radius 3 is 2.79 bits per heavy atom. The molecule has 0 spiro atoms. The molecule has 1 aromatic heterocycles. The monoisotopic (exact) mass is 276 g/mol. The average Bonchev–Trinajstić information content (AvgIpc) is 2.77. The Morgan fingerprint density at radius 2 is 2.26 bits per heavy atom. The molecule has 0 amide bonds. The summed E-state index contributed by atoms with van der Waals surface area (Å²) in [5.41, 5.74) is 0.781. The summed E-state index contributed by atoms with van der Waals surface area (Å²) in [6, 6.07) is 3.86. The van der Waals surface area contributed by atoms with Crippen molar-refractivity contribution in [3.8, 4) is 11.8 Å². The normalized spacial score (nSPS) is 11.6. The lowest BCUT2D eigenvalue weighted by atomic mass is 10.1. The fourth-order valence-corrected chi connectivity index (χ4v) is 2.21. The molecule has 0 aliphatic carbocycles. The van der Waals surface area contributed by atoms with Crippen molar-refractivity contribution in [1.29, 1.82) is 0 Å². The molecule has 1 heterocycles. The molecule has 1 atom stereocenters. The number of hydrogen-bond donors (Lipinski definition) is 0. The van der Waals surface area contributed by atoms with Crippen LogP contribution in [0.2, 0.25) is 0 Å². The minimum atomic E-state index is -0.343. The highest BCUT2D eigenvalue weighted by molar-refractivity contribution is 7.10. The van der Waals surface area contributed by atoms with Crippen molar-refractivity contribution in [1.82, 2.24) is 0 Å². The first-order valence-electron chi connectivity index (χ1n) is 6.36. The van der Waals surface area contributed by atoms with E-state index in [1.165, 1.54) is 0 Å². The molecule has 0 bridgehead atoms. The summed E-state index contributed by atoms with van der Waals surface area (Å²) in [6.45, 7) is 9.75. The van der Waals surface area contributed by atoms with Crippen LogP contribution in [0.25, 0.3) is 0 Å². The zero-order chi connectivity index (χ0) is 14.3. The van der Waals surface area contributed by atoms with Crippen molar-refractivity contribution in [3.05, 3.63) is 34.5 Å². The summed E-state index contributed by atoms with van der Waals surface area (Å²) in [7, 11) is 0. The van der Waals surface area contributed by atoms with Crippen molar-refractivity contribution in [3.63, 3.8) is 0 Å². The Labute approximate surface area is 119 Å². The van der Waals surface area contributed by atoms with Gasteiger partial charge in [-0.15, -0.1) is 11.3 Å². The van der Waals surface area contributed by atoms with Crippen LogP contribution >= 0.6 is 11.3 Å². The molecule has 1 unspecified atom stereocenters. The molecule has 0 radical (unpaired) electrons. The molecular formula is C16H20O2S. The Morgan fingerprint density at radius 1 is 1.53 bits per heavy atom. The van der Waals surface area contributed by atoms with Crippen molar-refractivity contribution in [2.24, 2.45) is 5.92 Å². The van der Waals surface area contributed by atoms with Gasteiger partial charge in [0, 0.05) is 4.88 Å². The highest BCUT2D eigenvalue weighted by Gasteiger charge is 2.14. The summed E-state index contributed by atoms with van der Waals surface area (Å²) in [4.78, 5) is 12.9. The van der Waals surface area contributed by atoms with Gasteiger partial charge >= 0.3 is 5.97 Å². The van der Waals surface area contributed by atoms with Crippen LogP contribution in [0.15, 0.2) is 29.7 Å². The zero-order valence-electron chi connectivity index (χ0n) is 11.7. The molecule has 0 saturated heterocycles. The second kappa shape index (κ2) is 7.81. The fourth-order valence-electron chi connectivity index (χ4n) is 1.52. The van der Waals surface area contributed by atoms with Gasteiger partial charge in [-0.3, -0.25) is 4.79 Å². The number of thiophene rings is 1. The van der Waals surface area contributed by atoms with Crippen LogP contribution in [-0.4, -0.2) is 12.1 Å². The van der Waals surface area contributed by atoms with Gasteiger partial charge in [0.2, 0.25) is 0 Å². The molecule has 0 aliphatic heterocycles. The van der Waals surface area contributed by atoms with E-state index in [4.69, 9.17) is 4.74 Å². The van der Waals surface area contributed by atoms with Crippen LogP contribution in [0, 0.1) is 17.8 Å². The largest absolute Gasteiger partial charge is 0.449 e. The van der Waals surface area contributed by atoms with E-state index in [9.17, 15) is 4.79 Å². The molecule has 0 aliphatic rings. The van der Waals surface area contributed by atoms with Gasteiger partial charge in [0.15, 0.2) is 6.10 Å². The third kappa shape index (κ3) is 6.83. The maximum Gasteiger partial charge on any atom is 0.312 e. The molecule has 0 saturated carbocycles. The Bertz CT molecular complexity index is 475. The summed E-state index contributed by atoms with van der Waals surface area (Å²) < 4.78 is 5.44. The zero-order valence-corrected chi connectivity index (χ0v) is 12.5. The Kier molecular flexibility index (Phi) is 6.38. The maximum absolute atomic E-state index is 11.8. The van der Waals surface area contributed by atoms with Crippen molar-refractivity contribution in [2.75, 3.05) is 0 Å². The number of ether oxygens (including phenoxy) is 1. The smallest absolute Gasteiger partial charge is 0.312 e. The lowest BCUT2D eigenvalue weighted by molar-refractivity contribution is -0.146. The average molecular weight is 276 g/mol. The molecule has 0 N–H and O–H groups in total. The highest BCUT2D eigenvalue weighted by atomic mass is 32.1. The molecule has 1 rings (SSSR count). The van der Waals surface area contributed by atoms with Crippen LogP contribution in [-0.2, 0) is 16.0 Å². The molecule has 0 aromatic carbocycles. The Balaban J connectivity index is 2.59. The Hall–Kier alpha value is -1.53. The van der Waals surface area contributed by atoms with Crippen LogP contribution in [0.5, 0.6) is 0 Å². The first kappa shape index (κ1) is 15.5. The van der Waals surface area contributed by atoms with Crippen molar-refractivity contribution in [2.45, 2.75) is 39.7 Å². The predicted octanol–water partition coefficient (Wildman–Crippen LogP) is 3.83. The predicted molar refractivity (Wildman–Crippen MR) is 79.9 cm³/mol. The van der Waals surface area contributed by atoms with Crippen molar-refractivity contribution < 1.29 is 9.53 Å². The fraction of sp³-hybridized carbons (Fsp3) is 0.438. The lowest BCUT2D eigenvalue weighted by Gasteiger charge is -2.14. The van der Waals surface area contributed by atoms with E-state index in [1.807, 2.05) is 24.4 Å². The molecule has 3 heteroatoms.